The molecule has 0 radical (unpaired) electrons. The molecule has 0 bridgehead atoms. The summed E-state index contributed by atoms with van der Waals surface area (Å²) in [7, 11) is 0. The molecule has 1 amide bonds. The Morgan fingerprint density at radius 2 is 2.00 bits per heavy atom. The van der Waals surface area contributed by atoms with E-state index < -0.39 is 0 Å². The van der Waals surface area contributed by atoms with Crippen LogP contribution in [0.1, 0.15) is 40.0 Å². The monoisotopic (exact) mass is 213 g/mol. The van der Waals surface area contributed by atoms with E-state index in [1.54, 1.807) is 0 Å². The predicted octanol–water partition coefficient (Wildman–Crippen LogP) is 1.65. The average molecular weight is 213 g/mol. The van der Waals surface area contributed by atoms with Crippen molar-refractivity contribution in [3.8, 4) is 0 Å². The van der Waals surface area contributed by atoms with Gasteiger partial charge in [-0.25, -0.2) is 0 Å². The molecule has 0 spiro atoms. The number of hydrogen-bond acceptors (Lipinski definition) is 2. The Hall–Kier alpha value is -0.570. The Labute approximate surface area is 92.5 Å². The van der Waals surface area contributed by atoms with Gasteiger partial charge in [-0.05, 0) is 39.0 Å². The van der Waals surface area contributed by atoms with Crippen LogP contribution in [-0.2, 0) is 4.79 Å². The van der Waals surface area contributed by atoms with Crippen LogP contribution in [0.3, 0.4) is 0 Å². The summed E-state index contributed by atoms with van der Waals surface area (Å²) in [6.07, 6.45) is 3.10. The van der Waals surface area contributed by atoms with Gasteiger partial charge >= 0.3 is 0 Å². The molecule has 0 heterocycles. The van der Waals surface area contributed by atoms with Crippen LogP contribution in [0.4, 0.5) is 0 Å². The molecule has 0 saturated heterocycles. The first kappa shape index (κ1) is 12.5. The van der Waals surface area contributed by atoms with Gasteiger partial charge in [-0.3, -0.25) is 4.79 Å². The second-order valence-electron chi connectivity index (χ2n) is 4.83. The van der Waals surface area contributed by atoms with Crippen molar-refractivity contribution in [3.05, 3.63) is 0 Å². The molecule has 1 N–H and O–H groups in total. The van der Waals surface area contributed by atoms with E-state index in [-0.39, 0.29) is 24.5 Å². The molecule has 0 aliphatic heterocycles. The lowest BCUT2D eigenvalue weighted by Gasteiger charge is -2.29. The van der Waals surface area contributed by atoms with Gasteiger partial charge in [0, 0.05) is 25.1 Å². The molecular formula is C12H23NO2. The molecule has 1 atom stereocenters. The van der Waals surface area contributed by atoms with Crippen LogP contribution in [0, 0.1) is 11.8 Å². The molecular weight excluding hydrogens is 190 g/mol. The van der Waals surface area contributed by atoms with E-state index in [1.165, 1.54) is 12.8 Å². The van der Waals surface area contributed by atoms with Crippen LogP contribution in [0.15, 0.2) is 0 Å². The highest BCUT2D eigenvalue weighted by molar-refractivity contribution is 5.79. The molecule has 88 valence electrons. The van der Waals surface area contributed by atoms with Gasteiger partial charge < -0.3 is 10.0 Å². The van der Waals surface area contributed by atoms with E-state index in [0.717, 1.165) is 0 Å². The molecule has 1 unspecified atom stereocenters. The summed E-state index contributed by atoms with van der Waals surface area (Å²) in [5.74, 6) is 1.06. The Kier molecular flexibility index (Phi) is 4.58. The molecule has 0 aromatic carbocycles. The molecule has 3 heteroatoms. The van der Waals surface area contributed by atoms with Crippen LogP contribution in [0.25, 0.3) is 0 Å². The maximum absolute atomic E-state index is 12.1. The fraction of sp³-hybridized carbons (Fsp3) is 0.917. The summed E-state index contributed by atoms with van der Waals surface area (Å²) in [5, 5.41) is 8.80. The van der Waals surface area contributed by atoms with Crippen molar-refractivity contribution in [1.29, 1.82) is 0 Å². The number of amides is 1. The molecule has 1 fully saturated rings. The molecule has 3 nitrogen and oxygen atoms in total. The van der Waals surface area contributed by atoms with Gasteiger partial charge in [0.15, 0.2) is 0 Å². The average Bonchev–Trinajstić information content (AvgIpc) is 2.99. The van der Waals surface area contributed by atoms with Crippen molar-refractivity contribution in [2.24, 2.45) is 11.8 Å². The van der Waals surface area contributed by atoms with E-state index in [0.29, 0.717) is 18.9 Å². The van der Waals surface area contributed by atoms with Gasteiger partial charge in [0.1, 0.15) is 0 Å². The number of aliphatic hydroxyl groups is 1. The van der Waals surface area contributed by atoms with Crippen molar-refractivity contribution in [1.82, 2.24) is 4.90 Å². The smallest absolute Gasteiger partial charge is 0.225 e. The summed E-state index contributed by atoms with van der Waals surface area (Å²) in [5.41, 5.74) is 0. The van der Waals surface area contributed by atoms with E-state index in [1.807, 2.05) is 25.7 Å². The Balaban J connectivity index is 2.49. The zero-order valence-corrected chi connectivity index (χ0v) is 10.1. The first-order valence-corrected chi connectivity index (χ1v) is 5.99. The van der Waals surface area contributed by atoms with Crippen molar-refractivity contribution in [2.75, 3.05) is 13.2 Å². The summed E-state index contributed by atoms with van der Waals surface area (Å²) < 4.78 is 0. The minimum Gasteiger partial charge on any atom is -0.396 e. The van der Waals surface area contributed by atoms with Crippen LogP contribution < -0.4 is 0 Å². The Bertz CT molecular complexity index is 212. The first-order valence-electron chi connectivity index (χ1n) is 5.99. The predicted molar refractivity (Wildman–Crippen MR) is 60.4 cm³/mol. The largest absolute Gasteiger partial charge is 0.396 e. The van der Waals surface area contributed by atoms with E-state index in [4.69, 9.17) is 5.11 Å². The zero-order valence-electron chi connectivity index (χ0n) is 10.1. The maximum Gasteiger partial charge on any atom is 0.225 e. The van der Waals surface area contributed by atoms with Gasteiger partial charge in [0.2, 0.25) is 5.91 Å². The van der Waals surface area contributed by atoms with E-state index in [2.05, 4.69) is 0 Å². The number of aliphatic hydroxyl groups excluding tert-OH is 1. The Morgan fingerprint density at radius 3 is 2.40 bits per heavy atom. The lowest BCUT2D eigenvalue weighted by Crippen LogP contribution is -2.41. The normalized spacial score (nSPS) is 17.9. The minimum absolute atomic E-state index is 0.161. The number of nitrogens with zero attached hydrogens (tertiary/aromatic N) is 1. The fourth-order valence-corrected chi connectivity index (χ4v) is 1.92. The SMILES string of the molecule is CC(C(=O)N(CCCO)C(C)C)C1CC1. The van der Waals surface area contributed by atoms with Gasteiger partial charge in [-0.15, -0.1) is 0 Å². The number of hydrogen-bond donors (Lipinski definition) is 1. The third-order valence-electron chi connectivity index (χ3n) is 3.18. The quantitative estimate of drug-likeness (QED) is 0.729. The lowest BCUT2D eigenvalue weighted by atomic mass is 10.0. The van der Waals surface area contributed by atoms with E-state index >= 15 is 0 Å². The van der Waals surface area contributed by atoms with Gasteiger partial charge in [0.05, 0.1) is 0 Å². The number of carbonyl (C=O) groups is 1. The standard InChI is InChI=1S/C12H23NO2/c1-9(2)13(7-4-8-14)12(15)10(3)11-5-6-11/h9-11,14H,4-8H2,1-3H3. The summed E-state index contributed by atoms with van der Waals surface area (Å²) in [6.45, 7) is 6.95. The van der Waals surface area contributed by atoms with Crippen molar-refractivity contribution in [3.63, 3.8) is 0 Å². The van der Waals surface area contributed by atoms with Crippen LogP contribution in [0.2, 0.25) is 0 Å². The van der Waals surface area contributed by atoms with Crippen molar-refractivity contribution >= 4 is 5.91 Å². The van der Waals surface area contributed by atoms with Crippen LogP contribution in [-0.4, -0.2) is 35.1 Å². The van der Waals surface area contributed by atoms with Gasteiger partial charge in [-0.1, -0.05) is 6.92 Å². The zero-order chi connectivity index (χ0) is 11.4. The van der Waals surface area contributed by atoms with Gasteiger partial charge in [0.25, 0.3) is 0 Å². The molecule has 1 aliphatic carbocycles. The third-order valence-corrected chi connectivity index (χ3v) is 3.18. The highest BCUT2D eigenvalue weighted by atomic mass is 16.3. The summed E-state index contributed by atoms with van der Waals surface area (Å²) >= 11 is 0. The molecule has 1 saturated carbocycles. The third kappa shape index (κ3) is 3.49. The number of carbonyl (C=O) groups excluding carboxylic acids is 1. The summed E-state index contributed by atoms with van der Waals surface area (Å²) in [6, 6.07) is 0.241. The topological polar surface area (TPSA) is 40.5 Å². The van der Waals surface area contributed by atoms with E-state index in [9.17, 15) is 4.79 Å². The lowest BCUT2D eigenvalue weighted by molar-refractivity contribution is -0.137. The molecule has 0 aromatic rings. The first-order chi connectivity index (χ1) is 7.07. The van der Waals surface area contributed by atoms with Crippen molar-refractivity contribution in [2.45, 2.75) is 46.1 Å². The molecule has 1 aliphatic rings. The summed E-state index contributed by atoms with van der Waals surface area (Å²) in [4.78, 5) is 14.0. The molecule has 0 aromatic heterocycles. The van der Waals surface area contributed by atoms with Crippen LogP contribution in [0.5, 0.6) is 0 Å². The second kappa shape index (κ2) is 5.50. The fourth-order valence-electron chi connectivity index (χ4n) is 1.92. The van der Waals surface area contributed by atoms with Crippen molar-refractivity contribution < 1.29 is 9.90 Å². The van der Waals surface area contributed by atoms with Crippen LogP contribution >= 0.6 is 0 Å². The molecule has 1 rings (SSSR count). The Morgan fingerprint density at radius 1 is 1.40 bits per heavy atom. The van der Waals surface area contributed by atoms with Gasteiger partial charge in [-0.2, -0.15) is 0 Å². The highest BCUT2D eigenvalue weighted by Gasteiger charge is 2.35. The second-order valence-corrected chi connectivity index (χ2v) is 4.83. The minimum atomic E-state index is 0.161. The number of rotatable bonds is 6. The molecule has 15 heavy (non-hydrogen) atoms. The maximum atomic E-state index is 12.1. The highest BCUT2D eigenvalue weighted by Crippen LogP contribution is 2.37.